The maximum Gasteiger partial charge on any atom is 0.0464 e. The van der Waals surface area contributed by atoms with Crippen molar-refractivity contribution < 1.29 is 4.74 Å². The van der Waals surface area contributed by atoms with E-state index in [-0.39, 0.29) is 5.41 Å². The van der Waals surface area contributed by atoms with E-state index >= 15 is 0 Å². The van der Waals surface area contributed by atoms with E-state index in [2.05, 4.69) is 69.0 Å². The molecule has 1 aliphatic rings. The lowest BCUT2D eigenvalue weighted by molar-refractivity contribution is 0.112. The van der Waals surface area contributed by atoms with Crippen LogP contribution in [0, 0.1) is 5.92 Å². The van der Waals surface area contributed by atoms with Crippen LogP contribution < -0.4 is 0 Å². The van der Waals surface area contributed by atoms with E-state index in [1.165, 1.54) is 49.9 Å². The molecule has 1 aliphatic heterocycles. The van der Waals surface area contributed by atoms with Crippen LogP contribution in [0.15, 0.2) is 42.0 Å². The van der Waals surface area contributed by atoms with Gasteiger partial charge in [-0.25, -0.2) is 0 Å². The normalized spacial score (nSPS) is 18.1. The summed E-state index contributed by atoms with van der Waals surface area (Å²) in [5.41, 5.74) is 3.05. The molecule has 0 aliphatic carbocycles. The summed E-state index contributed by atoms with van der Waals surface area (Å²) >= 11 is 0. The molecule has 1 heterocycles. The summed E-state index contributed by atoms with van der Waals surface area (Å²) in [6.45, 7) is 12.6. The van der Waals surface area contributed by atoms with Crippen LogP contribution in [0.1, 0.15) is 58.9 Å². The average Bonchev–Trinajstić information content (AvgIpc) is 2.60. The fraction of sp³-hybridized carbons (Fsp3) is 0.652. The minimum Gasteiger partial charge on any atom is -0.385 e. The molecule has 0 spiro atoms. The number of piperidine rings is 1. The maximum atomic E-state index is 5.26. The number of methoxy groups -OCH3 is 1. The third kappa shape index (κ3) is 6.27. The standard InChI is InChI=1S/C23H37NO/c1-19(2)17-22(18-23(3,4)21-9-7-6-8-10-21)24-14-11-20(12-15-24)13-16-25-5/h6-10,17,20,22H,11-16,18H2,1-5H3. The van der Waals surface area contributed by atoms with Crippen molar-refractivity contribution in [2.75, 3.05) is 26.8 Å². The Balaban J connectivity index is 2.04. The molecule has 1 atom stereocenters. The zero-order chi connectivity index (χ0) is 18.3. The lowest BCUT2D eigenvalue weighted by Crippen LogP contribution is -2.43. The molecular weight excluding hydrogens is 306 g/mol. The number of nitrogens with zero attached hydrogens (tertiary/aromatic N) is 1. The van der Waals surface area contributed by atoms with Gasteiger partial charge in [-0.2, -0.15) is 0 Å². The van der Waals surface area contributed by atoms with Crippen LogP contribution in [0.2, 0.25) is 0 Å². The summed E-state index contributed by atoms with van der Waals surface area (Å²) < 4.78 is 5.26. The maximum absolute atomic E-state index is 5.26. The Labute approximate surface area is 155 Å². The van der Waals surface area contributed by atoms with Crippen LogP contribution in [0.3, 0.4) is 0 Å². The summed E-state index contributed by atoms with van der Waals surface area (Å²) in [4.78, 5) is 2.71. The molecule has 2 rings (SSSR count). The van der Waals surface area contributed by atoms with E-state index in [0.717, 1.165) is 12.5 Å². The fourth-order valence-electron chi connectivity index (χ4n) is 4.07. The average molecular weight is 344 g/mol. The van der Waals surface area contributed by atoms with Gasteiger partial charge in [-0.15, -0.1) is 0 Å². The molecule has 0 amide bonds. The molecule has 2 heteroatoms. The molecule has 1 saturated heterocycles. The van der Waals surface area contributed by atoms with Crippen LogP contribution in [-0.2, 0) is 10.2 Å². The monoisotopic (exact) mass is 343 g/mol. The summed E-state index contributed by atoms with van der Waals surface area (Å²) in [6, 6.07) is 11.5. The molecule has 1 aromatic carbocycles. The van der Waals surface area contributed by atoms with Gasteiger partial charge in [-0.3, -0.25) is 4.90 Å². The SMILES string of the molecule is COCCC1CCN(C(C=C(C)C)CC(C)(C)c2ccccc2)CC1. The Kier molecular flexibility index (Phi) is 7.71. The number of benzene rings is 1. The highest BCUT2D eigenvalue weighted by atomic mass is 16.5. The summed E-state index contributed by atoms with van der Waals surface area (Å²) in [5.74, 6) is 0.839. The molecule has 0 saturated carbocycles. The molecule has 0 N–H and O–H groups in total. The van der Waals surface area contributed by atoms with Crippen LogP contribution in [0.4, 0.5) is 0 Å². The topological polar surface area (TPSA) is 12.5 Å². The predicted octanol–water partition coefficient (Wildman–Crippen LogP) is 5.44. The minimum atomic E-state index is 0.185. The number of allylic oxidation sites excluding steroid dienone is 1. The summed E-state index contributed by atoms with van der Waals surface area (Å²) in [5, 5.41) is 0. The van der Waals surface area contributed by atoms with Gasteiger partial charge in [0.25, 0.3) is 0 Å². The second-order valence-corrected chi connectivity index (χ2v) is 8.53. The third-order valence-corrected chi connectivity index (χ3v) is 5.65. The van der Waals surface area contributed by atoms with Crippen molar-refractivity contribution in [3.63, 3.8) is 0 Å². The highest BCUT2D eigenvalue weighted by molar-refractivity contribution is 5.24. The Hall–Kier alpha value is -1.12. The summed E-state index contributed by atoms with van der Waals surface area (Å²) in [6.07, 6.45) is 7.49. The highest BCUT2D eigenvalue weighted by Gasteiger charge is 2.30. The first-order valence-electron chi connectivity index (χ1n) is 9.86. The van der Waals surface area contributed by atoms with E-state index in [4.69, 9.17) is 4.74 Å². The highest BCUT2D eigenvalue weighted by Crippen LogP contribution is 2.32. The molecule has 0 bridgehead atoms. The zero-order valence-corrected chi connectivity index (χ0v) is 16.9. The fourth-order valence-corrected chi connectivity index (χ4v) is 4.07. The van der Waals surface area contributed by atoms with E-state index in [1.54, 1.807) is 0 Å². The lowest BCUT2D eigenvalue weighted by Gasteiger charge is -2.40. The molecule has 1 unspecified atom stereocenters. The number of hydrogen-bond acceptors (Lipinski definition) is 2. The number of ether oxygens (including phenoxy) is 1. The van der Waals surface area contributed by atoms with Crippen molar-refractivity contribution in [3.8, 4) is 0 Å². The molecular formula is C23H37NO. The van der Waals surface area contributed by atoms with Crippen LogP contribution in [0.5, 0.6) is 0 Å². The Bertz CT molecular complexity index is 522. The Morgan fingerprint density at radius 3 is 2.40 bits per heavy atom. The third-order valence-electron chi connectivity index (χ3n) is 5.65. The van der Waals surface area contributed by atoms with E-state index in [1.807, 2.05) is 7.11 Å². The largest absolute Gasteiger partial charge is 0.385 e. The molecule has 1 aromatic rings. The smallest absolute Gasteiger partial charge is 0.0464 e. The molecule has 0 radical (unpaired) electrons. The van der Waals surface area contributed by atoms with Gasteiger partial charge in [0.05, 0.1) is 0 Å². The van der Waals surface area contributed by atoms with Crippen molar-refractivity contribution in [2.45, 2.75) is 64.8 Å². The van der Waals surface area contributed by atoms with Crippen LogP contribution >= 0.6 is 0 Å². The first-order chi connectivity index (χ1) is 11.9. The number of likely N-dealkylation sites (tertiary alicyclic amines) is 1. The van der Waals surface area contributed by atoms with Crippen molar-refractivity contribution in [3.05, 3.63) is 47.5 Å². The minimum absolute atomic E-state index is 0.185. The molecule has 25 heavy (non-hydrogen) atoms. The lowest BCUT2D eigenvalue weighted by atomic mass is 9.78. The van der Waals surface area contributed by atoms with Gasteiger partial charge in [-0.05, 0) is 69.5 Å². The second-order valence-electron chi connectivity index (χ2n) is 8.53. The van der Waals surface area contributed by atoms with Gasteiger partial charge in [0.2, 0.25) is 0 Å². The van der Waals surface area contributed by atoms with Gasteiger partial charge in [0.15, 0.2) is 0 Å². The first kappa shape index (κ1) is 20.2. The van der Waals surface area contributed by atoms with Gasteiger partial charge >= 0.3 is 0 Å². The Morgan fingerprint density at radius 1 is 1.20 bits per heavy atom. The predicted molar refractivity (Wildman–Crippen MR) is 108 cm³/mol. The molecule has 140 valence electrons. The molecule has 1 fully saturated rings. The van der Waals surface area contributed by atoms with Crippen molar-refractivity contribution in [2.24, 2.45) is 5.92 Å². The Morgan fingerprint density at radius 2 is 1.84 bits per heavy atom. The van der Waals surface area contributed by atoms with E-state index < -0.39 is 0 Å². The van der Waals surface area contributed by atoms with E-state index in [0.29, 0.717) is 6.04 Å². The van der Waals surface area contributed by atoms with Crippen molar-refractivity contribution in [1.29, 1.82) is 0 Å². The first-order valence-corrected chi connectivity index (χ1v) is 9.86. The van der Waals surface area contributed by atoms with Gasteiger partial charge in [-0.1, -0.05) is 55.8 Å². The van der Waals surface area contributed by atoms with Crippen molar-refractivity contribution in [1.82, 2.24) is 4.90 Å². The van der Waals surface area contributed by atoms with Gasteiger partial charge < -0.3 is 4.74 Å². The molecule has 0 aromatic heterocycles. The number of hydrogen-bond donors (Lipinski definition) is 0. The van der Waals surface area contributed by atoms with E-state index in [9.17, 15) is 0 Å². The van der Waals surface area contributed by atoms with Crippen LogP contribution in [-0.4, -0.2) is 37.7 Å². The van der Waals surface area contributed by atoms with Gasteiger partial charge in [0.1, 0.15) is 0 Å². The second kappa shape index (κ2) is 9.54. The quantitative estimate of drug-likeness (QED) is 0.583. The number of rotatable bonds is 8. The van der Waals surface area contributed by atoms with Crippen LogP contribution in [0.25, 0.3) is 0 Å². The summed E-state index contributed by atoms with van der Waals surface area (Å²) in [7, 11) is 1.81. The van der Waals surface area contributed by atoms with Crippen molar-refractivity contribution >= 4 is 0 Å². The molecule has 2 nitrogen and oxygen atoms in total. The van der Waals surface area contributed by atoms with Gasteiger partial charge in [0, 0.05) is 19.8 Å². The zero-order valence-electron chi connectivity index (χ0n) is 16.9.